The Morgan fingerprint density at radius 3 is 2.48 bits per heavy atom. The third kappa shape index (κ3) is 5.92. The lowest BCUT2D eigenvalue weighted by Gasteiger charge is -2.09. The molecule has 1 aromatic rings. The van der Waals surface area contributed by atoms with E-state index in [0.29, 0.717) is 5.56 Å². The highest BCUT2D eigenvalue weighted by Gasteiger charge is 2.26. The average Bonchev–Trinajstić information content (AvgIpc) is 2.32. The van der Waals surface area contributed by atoms with Gasteiger partial charge >= 0.3 is 6.18 Å². The van der Waals surface area contributed by atoms with E-state index in [2.05, 4.69) is 5.32 Å². The number of benzene rings is 1. The van der Waals surface area contributed by atoms with Gasteiger partial charge in [-0.05, 0) is 31.0 Å². The van der Waals surface area contributed by atoms with E-state index >= 15 is 0 Å². The van der Waals surface area contributed by atoms with E-state index in [-0.39, 0.29) is 23.4 Å². The van der Waals surface area contributed by atoms with Gasteiger partial charge in [-0.15, -0.1) is 0 Å². The molecule has 0 fully saturated rings. The van der Waals surface area contributed by atoms with Crippen molar-refractivity contribution in [2.24, 2.45) is 0 Å². The Kier molecular flexibility index (Phi) is 5.63. The molecule has 0 aliphatic rings. The maximum Gasteiger partial charge on any atom is 0.389 e. The molecule has 1 N–H and O–H groups in total. The van der Waals surface area contributed by atoms with E-state index in [1.54, 1.807) is 0 Å². The normalized spacial score (nSPS) is 12.2. The van der Waals surface area contributed by atoms with E-state index in [1.165, 1.54) is 19.1 Å². The largest absolute Gasteiger partial charge is 0.389 e. The highest BCUT2D eigenvalue weighted by atomic mass is 35.7. The van der Waals surface area contributed by atoms with Crippen LogP contribution in [0.2, 0.25) is 0 Å². The molecule has 1 aromatic carbocycles. The Balaban J connectivity index is 2.72. The van der Waals surface area contributed by atoms with Crippen molar-refractivity contribution in [1.82, 2.24) is 5.32 Å². The monoisotopic (exact) mass is 343 g/mol. The number of hydrogen-bond donors (Lipinski definition) is 1. The highest BCUT2D eigenvalue weighted by molar-refractivity contribution is 8.13. The number of hydrogen-bond acceptors (Lipinski definition) is 3. The van der Waals surface area contributed by atoms with E-state index in [1.807, 2.05) is 0 Å². The van der Waals surface area contributed by atoms with E-state index in [9.17, 15) is 26.4 Å². The average molecular weight is 344 g/mol. The molecule has 0 atom stereocenters. The molecule has 1 amide bonds. The minimum Gasteiger partial charge on any atom is -0.352 e. The molecular weight excluding hydrogens is 331 g/mol. The lowest BCUT2D eigenvalue weighted by atomic mass is 10.1. The van der Waals surface area contributed by atoms with Gasteiger partial charge in [0.1, 0.15) is 0 Å². The van der Waals surface area contributed by atoms with Crippen LogP contribution in [-0.4, -0.2) is 27.0 Å². The molecule has 9 heteroatoms. The number of carbonyl (C=O) groups excluding carboxylic acids is 1. The first-order valence-electron chi connectivity index (χ1n) is 5.91. The Hall–Kier alpha value is -1.28. The van der Waals surface area contributed by atoms with E-state index in [0.717, 1.165) is 6.07 Å². The van der Waals surface area contributed by atoms with Crippen molar-refractivity contribution >= 4 is 25.6 Å². The molecule has 0 unspecified atom stereocenters. The van der Waals surface area contributed by atoms with Crippen molar-refractivity contribution in [3.8, 4) is 0 Å². The van der Waals surface area contributed by atoms with Crippen LogP contribution in [0.5, 0.6) is 0 Å². The fourth-order valence-electron chi connectivity index (χ4n) is 1.60. The summed E-state index contributed by atoms with van der Waals surface area (Å²) in [6, 6.07) is 3.87. The van der Waals surface area contributed by atoms with Crippen molar-refractivity contribution in [2.45, 2.75) is 30.8 Å². The Morgan fingerprint density at radius 1 is 1.33 bits per heavy atom. The molecule has 0 saturated heterocycles. The van der Waals surface area contributed by atoms with E-state index < -0.39 is 27.6 Å². The highest BCUT2D eigenvalue weighted by Crippen LogP contribution is 2.22. The Morgan fingerprint density at radius 2 is 1.95 bits per heavy atom. The lowest BCUT2D eigenvalue weighted by molar-refractivity contribution is -0.135. The number of alkyl halides is 3. The summed E-state index contributed by atoms with van der Waals surface area (Å²) in [5, 5.41) is 2.29. The Labute approximate surface area is 124 Å². The maximum atomic E-state index is 11.9. The van der Waals surface area contributed by atoms with Gasteiger partial charge < -0.3 is 5.32 Å². The molecule has 0 heterocycles. The molecule has 0 radical (unpaired) electrons. The predicted molar refractivity (Wildman–Crippen MR) is 71.8 cm³/mol. The van der Waals surface area contributed by atoms with Gasteiger partial charge in [0.15, 0.2) is 0 Å². The fourth-order valence-corrected chi connectivity index (χ4v) is 2.82. The molecule has 21 heavy (non-hydrogen) atoms. The van der Waals surface area contributed by atoms with Crippen LogP contribution in [0.15, 0.2) is 23.1 Å². The van der Waals surface area contributed by atoms with Gasteiger partial charge in [-0.3, -0.25) is 4.79 Å². The zero-order valence-electron chi connectivity index (χ0n) is 11.0. The van der Waals surface area contributed by atoms with Crippen LogP contribution >= 0.6 is 10.7 Å². The van der Waals surface area contributed by atoms with Crippen LogP contribution < -0.4 is 5.32 Å². The summed E-state index contributed by atoms with van der Waals surface area (Å²) < 4.78 is 58.4. The van der Waals surface area contributed by atoms with Crippen molar-refractivity contribution in [3.05, 3.63) is 29.3 Å². The summed E-state index contributed by atoms with van der Waals surface area (Å²) >= 11 is 0. The van der Waals surface area contributed by atoms with Crippen LogP contribution in [0, 0.1) is 6.92 Å². The number of amides is 1. The molecular formula is C12H13ClF3NO3S. The second-order valence-corrected chi connectivity index (χ2v) is 6.93. The van der Waals surface area contributed by atoms with Gasteiger partial charge in [0.05, 0.1) is 4.90 Å². The summed E-state index contributed by atoms with van der Waals surface area (Å²) in [6.07, 6.45) is -5.52. The van der Waals surface area contributed by atoms with Crippen molar-refractivity contribution in [3.63, 3.8) is 0 Å². The lowest BCUT2D eigenvalue weighted by Crippen LogP contribution is -2.25. The first-order valence-corrected chi connectivity index (χ1v) is 8.22. The van der Waals surface area contributed by atoms with Crippen LogP contribution in [0.25, 0.3) is 0 Å². The molecule has 0 aliphatic carbocycles. The molecule has 0 bridgehead atoms. The van der Waals surface area contributed by atoms with E-state index in [4.69, 9.17) is 10.7 Å². The number of nitrogens with one attached hydrogen (secondary N) is 1. The number of rotatable bonds is 5. The minimum absolute atomic E-state index is 0.0202. The van der Waals surface area contributed by atoms with Gasteiger partial charge in [0.25, 0.3) is 15.0 Å². The molecule has 0 saturated carbocycles. The van der Waals surface area contributed by atoms with Gasteiger partial charge in [-0.1, -0.05) is 6.07 Å². The maximum absolute atomic E-state index is 11.9. The van der Waals surface area contributed by atoms with Crippen molar-refractivity contribution in [1.29, 1.82) is 0 Å². The third-order valence-corrected chi connectivity index (χ3v) is 4.10. The number of halogens is 4. The first-order chi connectivity index (χ1) is 9.50. The first kappa shape index (κ1) is 17.8. The topological polar surface area (TPSA) is 63.2 Å². The zero-order chi connectivity index (χ0) is 16.3. The molecule has 1 rings (SSSR count). The second-order valence-electron chi connectivity index (χ2n) is 4.39. The summed E-state index contributed by atoms with van der Waals surface area (Å²) in [7, 11) is 1.24. The van der Waals surface area contributed by atoms with Crippen molar-refractivity contribution in [2.75, 3.05) is 6.54 Å². The number of carbonyl (C=O) groups is 1. The standard InChI is InChI=1S/C12H13ClF3NO3S/c1-8-3-4-9(7-10(8)21(13,19)20)11(18)17-6-2-5-12(14,15)16/h3-4,7H,2,5-6H2,1H3,(H,17,18). The minimum atomic E-state index is -4.27. The van der Waals surface area contributed by atoms with Gasteiger partial charge in [0.2, 0.25) is 0 Å². The van der Waals surface area contributed by atoms with Gasteiger partial charge in [0, 0.05) is 29.2 Å². The summed E-state index contributed by atoms with van der Waals surface area (Å²) in [5.41, 5.74) is 0.394. The molecule has 0 aromatic heterocycles. The molecule has 0 aliphatic heterocycles. The van der Waals surface area contributed by atoms with Crippen LogP contribution in [0.3, 0.4) is 0 Å². The van der Waals surface area contributed by atoms with Crippen LogP contribution in [0.1, 0.15) is 28.8 Å². The van der Waals surface area contributed by atoms with Crippen LogP contribution in [0.4, 0.5) is 13.2 Å². The molecule has 118 valence electrons. The Bertz CT molecular complexity index is 629. The molecule has 4 nitrogen and oxygen atoms in total. The fraction of sp³-hybridized carbons (Fsp3) is 0.417. The number of aryl methyl sites for hydroxylation is 1. The molecule has 0 spiro atoms. The smallest absolute Gasteiger partial charge is 0.352 e. The van der Waals surface area contributed by atoms with Gasteiger partial charge in [-0.2, -0.15) is 13.2 Å². The summed E-state index contributed by atoms with van der Waals surface area (Å²) in [4.78, 5) is 11.5. The second kappa shape index (κ2) is 6.65. The predicted octanol–water partition coefficient (Wildman–Crippen LogP) is 2.99. The van der Waals surface area contributed by atoms with Crippen molar-refractivity contribution < 1.29 is 26.4 Å². The van der Waals surface area contributed by atoms with Crippen LogP contribution in [-0.2, 0) is 9.05 Å². The zero-order valence-corrected chi connectivity index (χ0v) is 12.6. The van der Waals surface area contributed by atoms with Gasteiger partial charge in [-0.25, -0.2) is 8.42 Å². The summed E-state index contributed by atoms with van der Waals surface area (Å²) in [5.74, 6) is -0.654. The third-order valence-electron chi connectivity index (χ3n) is 2.64. The summed E-state index contributed by atoms with van der Waals surface area (Å²) in [6.45, 7) is 1.36. The quantitative estimate of drug-likeness (QED) is 0.660. The SMILES string of the molecule is Cc1ccc(C(=O)NCCCC(F)(F)F)cc1S(=O)(=O)Cl.